The van der Waals surface area contributed by atoms with Crippen LogP contribution in [0.1, 0.15) is 5.56 Å². The Morgan fingerprint density at radius 3 is 2.67 bits per heavy atom. The van der Waals surface area contributed by atoms with Gasteiger partial charge in [0.1, 0.15) is 0 Å². The summed E-state index contributed by atoms with van der Waals surface area (Å²) in [6, 6.07) is 13.6. The number of nitrogen functional groups attached to an aromatic ring is 1. The van der Waals surface area contributed by atoms with Crippen LogP contribution in [0.5, 0.6) is 0 Å². The molecule has 3 rings (SSSR count). The molecule has 0 radical (unpaired) electrons. The molecule has 0 spiro atoms. The molecule has 2 N–H and O–H groups in total. The lowest BCUT2D eigenvalue weighted by Gasteiger charge is -2.09. The fourth-order valence-corrected chi connectivity index (χ4v) is 2.87. The maximum Gasteiger partial charge on any atom is 0.183 e. The molecule has 0 aliphatic heterocycles. The molecule has 0 atom stereocenters. The first-order valence-corrected chi connectivity index (χ1v) is 7.79. The van der Waals surface area contributed by atoms with Gasteiger partial charge in [-0.3, -0.25) is 0 Å². The topological polar surface area (TPSA) is 69.6 Å². The van der Waals surface area contributed by atoms with Crippen molar-refractivity contribution in [3.05, 3.63) is 57.0 Å². The molecule has 0 saturated heterocycles. The molecule has 7 heteroatoms. The summed E-state index contributed by atoms with van der Waals surface area (Å²) < 4.78 is 3.57. The predicted molar refractivity (Wildman–Crippen MR) is 88.6 cm³/mol. The summed E-state index contributed by atoms with van der Waals surface area (Å²) in [7, 11) is 0. The number of hydrogen-bond acceptors (Lipinski definition) is 4. The van der Waals surface area contributed by atoms with E-state index in [-0.39, 0.29) is 0 Å². The highest BCUT2D eigenvalue weighted by molar-refractivity contribution is 9.11. The minimum absolute atomic E-state index is 0.574. The summed E-state index contributed by atoms with van der Waals surface area (Å²) in [6.07, 6.45) is 0. The maximum absolute atomic E-state index is 5.92. The lowest BCUT2D eigenvalue weighted by Crippen LogP contribution is -2.05. The molecule has 21 heavy (non-hydrogen) atoms. The van der Waals surface area contributed by atoms with Gasteiger partial charge in [-0.1, -0.05) is 40.2 Å². The molecule has 3 aromatic rings. The molecule has 0 fully saturated rings. The van der Waals surface area contributed by atoms with Crippen molar-refractivity contribution in [3.63, 3.8) is 0 Å². The van der Waals surface area contributed by atoms with Crippen LogP contribution in [0.3, 0.4) is 0 Å². The molecule has 1 aromatic heterocycles. The van der Waals surface area contributed by atoms with E-state index in [2.05, 4.69) is 47.4 Å². The number of tetrazole rings is 1. The predicted octanol–water partition coefficient (Wildman–Crippen LogP) is 3.50. The molecule has 5 nitrogen and oxygen atoms in total. The van der Waals surface area contributed by atoms with Crippen molar-refractivity contribution in [2.24, 2.45) is 0 Å². The van der Waals surface area contributed by atoms with Crippen molar-refractivity contribution >= 4 is 37.5 Å². The lowest BCUT2D eigenvalue weighted by atomic mass is 10.2. The summed E-state index contributed by atoms with van der Waals surface area (Å²) in [6.45, 7) is 0.574. The Morgan fingerprint density at radius 1 is 1.05 bits per heavy atom. The van der Waals surface area contributed by atoms with Gasteiger partial charge in [0.25, 0.3) is 0 Å². The van der Waals surface area contributed by atoms with Crippen molar-refractivity contribution < 1.29 is 0 Å². The summed E-state index contributed by atoms with van der Waals surface area (Å²) >= 11 is 7.03. The third kappa shape index (κ3) is 2.84. The monoisotopic (exact) mass is 407 g/mol. The maximum atomic E-state index is 5.92. The van der Waals surface area contributed by atoms with E-state index in [1.165, 1.54) is 0 Å². The van der Waals surface area contributed by atoms with Crippen molar-refractivity contribution in [1.29, 1.82) is 0 Å². The zero-order chi connectivity index (χ0) is 14.8. The average Bonchev–Trinajstić information content (AvgIpc) is 2.92. The minimum Gasteiger partial charge on any atom is -0.398 e. The number of nitrogens with two attached hydrogens (primary N) is 1. The van der Waals surface area contributed by atoms with Crippen molar-refractivity contribution in [2.45, 2.75) is 6.54 Å². The van der Waals surface area contributed by atoms with E-state index in [1.54, 1.807) is 4.68 Å². The van der Waals surface area contributed by atoms with E-state index in [4.69, 9.17) is 5.73 Å². The number of aromatic nitrogens is 4. The highest BCUT2D eigenvalue weighted by Crippen LogP contribution is 2.31. The second kappa shape index (κ2) is 5.95. The van der Waals surface area contributed by atoms with Crippen LogP contribution in [0.2, 0.25) is 0 Å². The zero-order valence-corrected chi connectivity index (χ0v) is 14.0. The van der Waals surface area contributed by atoms with Gasteiger partial charge < -0.3 is 5.73 Å². The van der Waals surface area contributed by atoms with Gasteiger partial charge in [-0.2, -0.15) is 0 Å². The second-order valence-electron chi connectivity index (χ2n) is 4.46. The first-order chi connectivity index (χ1) is 10.2. The summed E-state index contributed by atoms with van der Waals surface area (Å²) in [5.74, 6) is 0.671. The Kier molecular flexibility index (Phi) is 4.03. The molecule has 0 bridgehead atoms. The second-order valence-corrected chi connectivity index (χ2v) is 6.11. The molecule has 106 valence electrons. The normalized spacial score (nSPS) is 10.8. The smallest absolute Gasteiger partial charge is 0.183 e. The number of benzene rings is 2. The van der Waals surface area contributed by atoms with Gasteiger partial charge in [0.05, 0.1) is 11.0 Å². The van der Waals surface area contributed by atoms with Crippen LogP contribution in [-0.4, -0.2) is 20.2 Å². The number of nitrogens with zero attached hydrogens (tertiary/aromatic N) is 4. The summed E-state index contributed by atoms with van der Waals surface area (Å²) in [4.78, 5) is 0. The largest absolute Gasteiger partial charge is 0.398 e. The first kappa shape index (κ1) is 14.2. The fraction of sp³-hybridized carbons (Fsp3) is 0.0714. The van der Waals surface area contributed by atoms with Gasteiger partial charge >= 0.3 is 0 Å². The lowest BCUT2D eigenvalue weighted by molar-refractivity contribution is 0.651. The third-order valence-electron chi connectivity index (χ3n) is 3.08. The number of rotatable bonds is 3. The minimum atomic E-state index is 0.574. The Balaban J connectivity index is 2.02. The van der Waals surface area contributed by atoms with Crippen LogP contribution in [0.4, 0.5) is 5.69 Å². The summed E-state index contributed by atoms with van der Waals surface area (Å²) in [5.41, 5.74) is 8.55. The summed E-state index contributed by atoms with van der Waals surface area (Å²) in [5, 5.41) is 12.0. The van der Waals surface area contributed by atoms with Crippen LogP contribution in [0.25, 0.3) is 11.4 Å². The van der Waals surface area contributed by atoms with Gasteiger partial charge in [-0.25, -0.2) is 4.68 Å². The molecular weight excluding hydrogens is 398 g/mol. The van der Waals surface area contributed by atoms with E-state index in [9.17, 15) is 0 Å². The third-order valence-corrected chi connectivity index (χ3v) is 4.74. The Bertz CT molecular complexity index is 785. The molecule has 0 saturated carbocycles. The molecule has 0 unspecified atom stereocenters. The van der Waals surface area contributed by atoms with Crippen molar-refractivity contribution in [3.8, 4) is 11.4 Å². The van der Waals surface area contributed by atoms with Crippen molar-refractivity contribution in [2.75, 3.05) is 5.73 Å². The highest BCUT2D eigenvalue weighted by atomic mass is 79.9. The Morgan fingerprint density at radius 2 is 1.86 bits per heavy atom. The van der Waals surface area contributed by atoms with Crippen LogP contribution in [0.15, 0.2) is 51.4 Å². The van der Waals surface area contributed by atoms with Gasteiger partial charge in [0, 0.05) is 15.7 Å². The Labute approximate surface area is 138 Å². The van der Waals surface area contributed by atoms with Gasteiger partial charge in [-0.05, 0) is 50.1 Å². The molecule has 2 aromatic carbocycles. The number of anilines is 1. The molecule has 0 amide bonds. The van der Waals surface area contributed by atoms with Crippen LogP contribution in [0, 0.1) is 0 Å². The van der Waals surface area contributed by atoms with Crippen LogP contribution < -0.4 is 5.73 Å². The Hall–Kier alpha value is -1.73. The SMILES string of the molecule is Nc1cccc(-c2nnnn2Cc2ccccc2Br)c1Br. The van der Waals surface area contributed by atoms with Crippen molar-refractivity contribution in [1.82, 2.24) is 20.2 Å². The molecule has 0 aliphatic rings. The average molecular weight is 409 g/mol. The van der Waals surface area contributed by atoms with E-state index in [0.29, 0.717) is 18.1 Å². The van der Waals surface area contributed by atoms with Gasteiger partial charge in [0.2, 0.25) is 0 Å². The van der Waals surface area contributed by atoms with Crippen LogP contribution >= 0.6 is 31.9 Å². The fourth-order valence-electron chi connectivity index (χ4n) is 2.01. The highest BCUT2D eigenvalue weighted by Gasteiger charge is 2.14. The quantitative estimate of drug-likeness (QED) is 0.673. The zero-order valence-electron chi connectivity index (χ0n) is 10.9. The molecule has 1 heterocycles. The van der Waals surface area contributed by atoms with E-state index in [1.807, 2.05) is 42.5 Å². The van der Waals surface area contributed by atoms with E-state index in [0.717, 1.165) is 20.1 Å². The molecular formula is C14H11Br2N5. The van der Waals surface area contributed by atoms with Gasteiger partial charge in [-0.15, -0.1) is 5.10 Å². The van der Waals surface area contributed by atoms with Gasteiger partial charge in [0.15, 0.2) is 5.82 Å². The van der Waals surface area contributed by atoms with E-state index >= 15 is 0 Å². The number of halogens is 2. The first-order valence-electron chi connectivity index (χ1n) is 6.21. The van der Waals surface area contributed by atoms with Crippen LogP contribution in [-0.2, 0) is 6.54 Å². The number of hydrogen-bond donors (Lipinski definition) is 1. The standard InChI is InChI=1S/C14H11Br2N5/c15-11-6-2-1-4-9(11)8-21-14(18-19-20-21)10-5-3-7-12(17)13(10)16/h1-7H,8,17H2. The van der Waals surface area contributed by atoms with E-state index < -0.39 is 0 Å². The molecule has 0 aliphatic carbocycles.